The zero-order valence-electron chi connectivity index (χ0n) is 29.0. The number of anilines is 4. The lowest BCUT2D eigenvalue weighted by Crippen LogP contribution is -2.49. The normalized spacial score (nSPS) is 13.5. The van der Waals surface area contributed by atoms with Crippen LogP contribution in [-0.4, -0.2) is 68.3 Å². The average molecular weight is 829 g/mol. The van der Waals surface area contributed by atoms with Crippen LogP contribution in [0.2, 0.25) is 5.02 Å². The number of nitrogens with zero attached hydrogens (tertiary/aromatic N) is 4. The molecule has 56 heavy (non-hydrogen) atoms. The van der Waals surface area contributed by atoms with E-state index in [9.17, 15) is 32.3 Å². The topological polar surface area (TPSA) is 189 Å². The molecule has 3 aromatic carbocycles. The highest BCUT2D eigenvalue weighted by Gasteiger charge is 2.45. The Kier molecular flexibility index (Phi) is 12.0. The maximum absolute atomic E-state index is 13.0. The van der Waals surface area contributed by atoms with Gasteiger partial charge in [0.05, 0.1) is 5.54 Å². The number of hydrogen-bond donors (Lipinski definition) is 5. The first kappa shape index (κ1) is 39.8. The lowest BCUT2D eigenvalue weighted by molar-refractivity contribution is -0.154. The molecule has 14 nitrogen and oxygen atoms in total. The molecule has 2 heterocycles. The molecular weight excluding hydrogens is 798 g/mol. The second-order valence-corrected chi connectivity index (χ2v) is 14.1. The van der Waals surface area contributed by atoms with Crippen LogP contribution in [0.3, 0.4) is 0 Å². The van der Waals surface area contributed by atoms with Crippen molar-refractivity contribution in [2.75, 3.05) is 29.1 Å². The summed E-state index contributed by atoms with van der Waals surface area (Å²) in [6.07, 6.45) is -3.24. The second-order valence-electron chi connectivity index (χ2n) is 12.5. The van der Waals surface area contributed by atoms with Gasteiger partial charge in [0.25, 0.3) is 5.91 Å². The maximum Gasteiger partial charge on any atom is 0.422 e. The van der Waals surface area contributed by atoms with Crippen LogP contribution in [0.1, 0.15) is 34.5 Å². The summed E-state index contributed by atoms with van der Waals surface area (Å²) in [4.78, 5) is 67.0. The molecule has 1 fully saturated rings. The van der Waals surface area contributed by atoms with Gasteiger partial charge < -0.3 is 31.3 Å². The number of benzene rings is 3. The highest BCUT2D eigenvalue weighted by atomic mass is 35.5. The van der Waals surface area contributed by atoms with E-state index < -0.39 is 59.9 Å². The van der Waals surface area contributed by atoms with Gasteiger partial charge in [0.15, 0.2) is 6.61 Å². The molecule has 1 aliphatic carbocycles. The Morgan fingerprint density at radius 2 is 1.62 bits per heavy atom. The molecule has 6 rings (SSSR count). The zero-order valence-corrected chi connectivity index (χ0v) is 31.4. The van der Waals surface area contributed by atoms with Gasteiger partial charge >= 0.3 is 24.0 Å². The van der Waals surface area contributed by atoms with Gasteiger partial charge in [-0.15, -0.1) is 11.3 Å². The smallest absolute Gasteiger partial charge is 0.422 e. The summed E-state index contributed by atoms with van der Waals surface area (Å²) in [6.45, 7) is -0.269. The Balaban J connectivity index is 1.06. The minimum Gasteiger partial charge on any atom is -0.454 e. The molecule has 0 unspecified atom stereocenters. The monoisotopic (exact) mass is 827 g/mol. The molecule has 1 atom stereocenters. The van der Waals surface area contributed by atoms with Crippen molar-refractivity contribution in [2.45, 2.75) is 37.5 Å². The minimum atomic E-state index is -4.65. The first-order valence-electron chi connectivity index (χ1n) is 16.6. The van der Waals surface area contributed by atoms with E-state index in [1.165, 1.54) is 35.6 Å². The summed E-state index contributed by atoms with van der Waals surface area (Å²) in [6, 6.07) is 17.5. The molecule has 0 aliphatic heterocycles. The first-order valence-corrected chi connectivity index (χ1v) is 18.3. The fourth-order valence-corrected chi connectivity index (χ4v) is 6.27. The van der Waals surface area contributed by atoms with E-state index in [1.807, 2.05) is 30.5 Å². The van der Waals surface area contributed by atoms with Gasteiger partial charge in [-0.2, -0.15) is 28.1 Å². The molecule has 20 heteroatoms. The van der Waals surface area contributed by atoms with E-state index >= 15 is 0 Å². The Bertz CT molecular complexity index is 2260. The number of carbonyl (C=O) groups is 4. The van der Waals surface area contributed by atoms with Crippen LogP contribution < -0.4 is 31.3 Å². The fourth-order valence-electron chi connectivity index (χ4n) is 5.22. The summed E-state index contributed by atoms with van der Waals surface area (Å²) >= 11 is 13.2. The molecule has 3 amide bonds. The van der Waals surface area contributed by atoms with Crippen LogP contribution in [0.4, 0.5) is 36.4 Å². The van der Waals surface area contributed by atoms with Crippen molar-refractivity contribution < 1.29 is 37.1 Å². The third kappa shape index (κ3) is 10.7. The van der Waals surface area contributed by atoms with Crippen molar-refractivity contribution in [3.05, 3.63) is 100 Å². The van der Waals surface area contributed by atoms with E-state index in [0.717, 1.165) is 21.8 Å². The van der Waals surface area contributed by atoms with Gasteiger partial charge in [-0.05, 0) is 85.5 Å². The van der Waals surface area contributed by atoms with Crippen LogP contribution in [-0.2, 0) is 19.9 Å². The number of amides is 3. The third-order valence-electron chi connectivity index (χ3n) is 8.12. The lowest BCUT2D eigenvalue weighted by atomic mass is 10.1. The van der Waals surface area contributed by atoms with Crippen LogP contribution >= 0.6 is 34.5 Å². The number of halogens is 5. The van der Waals surface area contributed by atoms with Gasteiger partial charge in [-0.25, -0.2) is 4.98 Å². The standard InChI is InChI=1S/C36H30Cl2F3N9O5S/c1-19-17-56-31(43-19)21-3-2-4-25(15-21)44-30(54)29(53)42-16-26(27(38)51)46-28(52)20-5-11-24(12-6-20)45-32-47-33(49-34(48-32)55-18-36(39,40)41)50-35(13-14-35)22-7-9-23(37)10-8-22/h2-12,15,17,26H,13-14,16,18H2,1H3,(H,42,53)(H,44,54)(H,46,52)(H2,45,47,48,49,50)/t26-/m0/s1. The van der Waals surface area contributed by atoms with E-state index in [4.69, 9.17) is 27.9 Å². The van der Waals surface area contributed by atoms with Crippen molar-refractivity contribution >= 4 is 80.8 Å². The van der Waals surface area contributed by atoms with Crippen LogP contribution in [0.5, 0.6) is 6.01 Å². The Labute approximate surface area is 330 Å². The van der Waals surface area contributed by atoms with Crippen LogP contribution in [0, 0.1) is 6.92 Å². The van der Waals surface area contributed by atoms with E-state index in [0.29, 0.717) is 29.2 Å². The van der Waals surface area contributed by atoms with E-state index in [-0.39, 0.29) is 17.5 Å². The molecule has 1 saturated carbocycles. The van der Waals surface area contributed by atoms with Crippen molar-refractivity contribution in [2.24, 2.45) is 0 Å². The summed E-state index contributed by atoms with van der Waals surface area (Å²) in [5.74, 6) is -3.02. The summed E-state index contributed by atoms with van der Waals surface area (Å²) < 4.78 is 43.7. The highest BCUT2D eigenvalue weighted by molar-refractivity contribution is 7.13. The predicted molar refractivity (Wildman–Crippen MR) is 203 cm³/mol. The summed E-state index contributed by atoms with van der Waals surface area (Å²) in [7, 11) is 0. The number of ether oxygens (including phenoxy) is 1. The number of hydrogen-bond acceptors (Lipinski definition) is 12. The predicted octanol–water partition coefficient (Wildman–Crippen LogP) is 6.36. The second kappa shape index (κ2) is 16.9. The zero-order chi connectivity index (χ0) is 40.0. The number of thiazole rings is 1. The van der Waals surface area contributed by atoms with E-state index in [1.54, 1.807) is 30.3 Å². The van der Waals surface area contributed by atoms with Crippen molar-refractivity contribution in [1.29, 1.82) is 0 Å². The Morgan fingerprint density at radius 3 is 2.27 bits per heavy atom. The van der Waals surface area contributed by atoms with E-state index in [2.05, 4.69) is 46.5 Å². The van der Waals surface area contributed by atoms with Crippen molar-refractivity contribution in [3.63, 3.8) is 0 Å². The summed E-state index contributed by atoms with van der Waals surface area (Å²) in [5.41, 5.74) is 2.65. The molecule has 0 bridgehead atoms. The maximum atomic E-state index is 13.0. The Hall–Kier alpha value is -5.85. The van der Waals surface area contributed by atoms with Crippen LogP contribution in [0.25, 0.3) is 10.6 Å². The highest BCUT2D eigenvalue weighted by Crippen LogP contribution is 2.48. The van der Waals surface area contributed by atoms with Gasteiger partial charge in [0.2, 0.25) is 17.1 Å². The number of carbonyl (C=O) groups excluding carboxylic acids is 4. The number of aryl methyl sites for hydroxylation is 1. The van der Waals surface area contributed by atoms with Crippen molar-refractivity contribution in [3.8, 4) is 16.6 Å². The SMILES string of the molecule is Cc1csc(-c2cccc(NC(=O)C(=O)NC[C@H](NC(=O)c3ccc(Nc4nc(NC5(c6ccc(Cl)cc6)CC5)nc(OCC(F)(F)F)n4)cc3)C(=O)Cl)c2)n1. The first-order chi connectivity index (χ1) is 26.6. The molecule has 1 aliphatic rings. The molecule has 0 spiro atoms. The van der Waals surface area contributed by atoms with Gasteiger partial charge in [0.1, 0.15) is 11.0 Å². The van der Waals surface area contributed by atoms with Gasteiger partial charge in [-0.1, -0.05) is 35.9 Å². The minimum absolute atomic E-state index is 0.0413. The number of nitrogens with one attached hydrogen (secondary N) is 5. The van der Waals surface area contributed by atoms with Crippen LogP contribution in [0.15, 0.2) is 78.2 Å². The quantitative estimate of drug-likeness (QED) is 0.0619. The summed E-state index contributed by atoms with van der Waals surface area (Å²) in [5, 5.41) is 15.4. The van der Waals surface area contributed by atoms with Crippen molar-refractivity contribution in [1.82, 2.24) is 30.6 Å². The Morgan fingerprint density at radius 1 is 0.911 bits per heavy atom. The average Bonchev–Trinajstić information content (AvgIpc) is 3.80. The molecule has 0 saturated heterocycles. The van der Waals surface area contributed by atoms with Gasteiger partial charge in [0, 0.05) is 45.1 Å². The number of rotatable bonds is 14. The molecule has 0 radical (unpaired) electrons. The number of aromatic nitrogens is 4. The molecule has 2 aromatic heterocycles. The fraction of sp³-hybridized carbons (Fsp3) is 0.222. The largest absolute Gasteiger partial charge is 0.454 e. The molecule has 5 N–H and O–H groups in total. The number of alkyl halides is 3. The molecular formula is C36H30Cl2F3N9O5S. The van der Waals surface area contributed by atoms with Gasteiger partial charge in [-0.3, -0.25) is 19.2 Å². The molecule has 290 valence electrons. The lowest BCUT2D eigenvalue weighted by Gasteiger charge is -2.19. The third-order valence-corrected chi connectivity index (χ3v) is 9.64. The molecule has 5 aromatic rings.